The van der Waals surface area contributed by atoms with Crippen LogP contribution in [0.1, 0.15) is 31.9 Å². The van der Waals surface area contributed by atoms with Crippen LogP contribution in [0.4, 0.5) is 0 Å². The Labute approximate surface area is 161 Å². The van der Waals surface area contributed by atoms with Gasteiger partial charge in [0.05, 0.1) is 19.8 Å². The van der Waals surface area contributed by atoms with Crippen LogP contribution in [0.25, 0.3) is 0 Å². The lowest BCUT2D eigenvalue weighted by Gasteiger charge is -2.17. The quantitative estimate of drug-likeness (QED) is 0.600. The van der Waals surface area contributed by atoms with Crippen molar-refractivity contribution >= 4 is 11.6 Å². The lowest BCUT2D eigenvalue weighted by Crippen LogP contribution is -2.17. The highest BCUT2D eigenvalue weighted by Crippen LogP contribution is 2.34. The maximum atomic E-state index is 6.42. The SMILES string of the molecule is CCOc1cc(CNCCc2ccc(OC)cc2)c(Cl)cc1OC(C)C. The zero-order valence-electron chi connectivity index (χ0n) is 16.0. The van der Waals surface area contributed by atoms with E-state index in [1.54, 1.807) is 7.11 Å². The van der Waals surface area contributed by atoms with Crippen molar-refractivity contribution in [3.63, 3.8) is 0 Å². The Balaban J connectivity index is 1.94. The molecule has 1 N–H and O–H groups in total. The minimum absolute atomic E-state index is 0.0683. The predicted octanol–water partition coefficient (Wildman–Crippen LogP) is 4.87. The molecule has 142 valence electrons. The van der Waals surface area contributed by atoms with Crippen LogP contribution in [-0.4, -0.2) is 26.4 Å². The number of rotatable bonds is 10. The van der Waals surface area contributed by atoms with Gasteiger partial charge in [0, 0.05) is 17.6 Å². The first-order valence-corrected chi connectivity index (χ1v) is 9.36. The summed E-state index contributed by atoms with van der Waals surface area (Å²) in [5.74, 6) is 2.30. The second-order valence-corrected chi connectivity index (χ2v) is 6.67. The number of methoxy groups -OCH3 is 1. The fourth-order valence-corrected chi connectivity index (χ4v) is 2.80. The molecule has 0 spiro atoms. The van der Waals surface area contributed by atoms with Crippen molar-refractivity contribution < 1.29 is 14.2 Å². The molecule has 0 heterocycles. The van der Waals surface area contributed by atoms with Crippen LogP contribution in [0.5, 0.6) is 17.2 Å². The van der Waals surface area contributed by atoms with Crippen LogP contribution >= 0.6 is 11.6 Å². The molecule has 0 saturated carbocycles. The van der Waals surface area contributed by atoms with Gasteiger partial charge in [0.25, 0.3) is 0 Å². The number of halogens is 1. The molecular weight excluding hydrogens is 350 g/mol. The molecule has 0 saturated heterocycles. The van der Waals surface area contributed by atoms with Crippen LogP contribution in [0.3, 0.4) is 0 Å². The second kappa shape index (κ2) is 10.3. The van der Waals surface area contributed by atoms with Gasteiger partial charge in [0.15, 0.2) is 11.5 Å². The van der Waals surface area contributed by atoms with Gasteiger partial charge < -0.3 is 19.5 Å². The molecule has 0 aliphatic rings. The molecule has 0 aliphatic carbocycles. The molecule has 0 aromatic heterocycles. The summed E-state index contributed by atoms with van der Waals surface area (Å²) in [6.45, 7) is 8.05. The Morgan fingerprint density at radius 2 is 1.81 bits per heavy atom. The van der Waals surface area contributed by atoms with E-state index in [9.17, 15) is 0 Å². The van der Waals surface area contributed by atoms with Gasteiger partial charge in [-0.1, -0.05) is 23.7 Å². The van der Waals surface area contributed by atoms with E-state index in [0.29, 0.717) is 23.9 Å². The highest BCUT2D eigenvalue weighted by molar-refractivity contribution is 6.31. The van der Waals surface area contributed by atoms with Crippen molar-refractivity contribution in [3.8, 4) is 17.2 Å². The monoisotopic (exact) mass is 377 g/mol. The smallest absolute Gasteiger partial charge is 0.163 e. The third-order valence-corrected chi connectivity index (χ3v) is 4.19. The maximum Gasteiger partial charge on any atom is 0.163 e. The summed E-state index contributed by atoms with van der Waals surface area (Å²) in [4.78, 5) is 0. The molecule has 0 bridgehead atoms. The average Bonchev–Trinajstić information content (AvgIpc) is 2.62. The number of nitrogens with one attached hydrogen (secondary N) is 1. The topological polar surface area (TPSA) is 39.7 Å². The lowest BCUT2D eigenvalue weighted by molar-refractivity contribution is 0.223. The van der Waals surface area contributed by atoms with E-state index < -0.39 is 0 Å². The number of hydrogen-bond acceptors (Lipinski definition) is 4. The Morgan fingerprint density at radius 3 is 2.42 bits per heavy atom. The van der Waals surface area contributed by atoms with Crippen LogP contribution in [0.15, 0.2) is 36.4 Å². The molecule has 0 atom stereocenters. The molecule has 0 amide bonds. The first-order chi connectivity index (χ1) is 12.5. The van der Waals surface area contributed by atoms with Crippen LogP contribution in [0, 0.1) is 0 Å². The molecule has 2 aromatic carbocycles. The molecule has 0 aliphatic heterocycles. The standard InChI is InChI=1S/C21H28ClNO3/c1-5-25-20-12-17(19(22)13-21(20)26-15(2)3)14-23-11-10-16-6-8-18(24-4)9-7-16/h6-9,12-13,15,23H,5,10-11,14H2,1-4H3. The summed E-state index contributed by atoms with van der Waals surface area (Å²) in [6, 6.07) is 11.9. The second-order valence-electron chi connectivity index (χ2n) is 6.26. The summed E-state index contributed by atoms with van der Waals surface area (Å²) < 4.78 is 16.7. The summed E-state index contributed by atoms with van der Waals surface area (Å²) in [7, 11) is 1.67. The molecular formula is C21H28ClNO3. The van der Waals surface area contributed by atoms with E-state index in [1.165, 1.54) is 5.56 Å². The van der Waals surface area contributed by atoms with Gasteiger partial charge in [-0.05, 0) is 63.1 Å². The van der Waals surface area contributed by atoms with Crippen LogP contribution in [-0.2, 0) is 13.0 Å². The maximum absolute atomic E-state index is 6.42. The van der Waals surface area contributed by atoms with Crippen molar-refractivity contribution in [1.29, 1.82) is 0 Å². The van der Waals surface area contributed by atoms with Crippen LogP contribution < -0.4 is 19.5 Å². The van der Waals surface area contributed by atoms with E-state index in [4.69, 9.17) is 25.8 Å². The third-order valence-electron chi connectivity index (χ3n) is 3.84. The first-order valence-electron chi connectivity index (χ1n) is 8.99. The van der Waals surface area contributed by atoms with E-state index in [0.717, 1.165) is 30.0 Å². The van der Waals surface area contributed by atoms with Gasteiger partial charge in [-0.15, -0.1) is 0 Å². The number of ether oxygens (including phenoxy) is 3. The van der Waals surface area contributed by atoms with E-state index >= 15 is 0 Å². The summed E-state index contributed by atoms with van der Waals surface area (Å²) in [5, 5.41) is 4.12. The number of benzene rings is 2. The minimum Gasteiger partial charge on any atom is -0.497 e. The van der Waals surface area contributed by atoms with Crippen molar-refractivity contribution in [2.45, 2.75) is 39.8 Å². The van der Waals surface area contributed by atoms with E-state index in [2.05, 4.69) is 17.4 Å². The number of hydrogen-bond donors (Lipinski definition) is 1. The Hall–Kier alpha value is -1.91. The molecule has 5 heteroatoms. The van der Waals surface area contributed by atoms with Gasteiger partial charge in [-0.2, -0.15) is 0 Å². The molecule has 26 heavy (non-hydrogen) atoms. The minimum atomic E-state index is 0.0683. The molecule has 0 fully saturated rings. The van der Waals surface area contributed by atoms with Crippen LogP contribution in [0.2, 0.25) is 5.02 Å². The zero-order chi connectivity index (χ0) is 18.9. The predicted molar refractivity (Wildman–Crippen MR) is 107 cm³/mol. The summed E-state index contributed by atoms with van der Waals surface area (Å²) in [5.41, 5.74) is 2.26. The normalized spacial score (nSPS) is 10.8. The first kappa shape index (κ1) is 20.4. The molecule has 2 rings (SSSR count). The highest BCUT2D eigenvalue weighted by Gasteiger charge is 2.12. The molecule has 4 nitrogen and oxygen atoms in total. The highest BCUT2D eigenvalue weighted by atomic mass is 35.5. The zero-order valence-corrected chi connectivity index (χ0v) is 16.7. The van der Waals surface area contributed by atoms with Crippen molar-refractivity contribution in [2.75, 3.05) is 20.3 Å². The van der Waals surface area contributed by atoms with Gasteiger partial charge >= 0.3 is 0 Å². The van der Waals surface area contributed by atoms with Gasteiger partial charge in [-0.3, -0.25) is 0 Å². The Kier molecular flexibility index (Phi) is 8.07. The Morgan fingerprint density at radius 1 is 1.08 bits per heavy atom. The lowest BCUT2D eigenvalue weighted by atomic mass is 10.1. The fraction of sp³-hybridized carbons (Fsp3) is 0.429. The van der Waals surface area contributed by atoms with E-state index in [1.807, 2.05) is 45.0 Å². The Bertz CT molecular complexity index is 686. The van der Waals surface area contributed by atoms with Crippen molar-refractivity contribution in [2.24, 2.45) is 0 Å². The molecule has 0 unspecified atom stereocenters. The largest absolute Gasteiger partial charge is 0.497 e. The fourth-order valence-electron chi connectivity index (χ4n) is 2.58. The van der Waals surface area contributed by atoms with Gasteiger partial charge in [0.2, 0.25) is 0 Å². The molecule has 0 radical (unpaired) electrons. The summed E-state index contributed by atoms with van der Waals surface area (Å²) in [6.07, 6.45) is 1.01. The van der Waals surface area contributed by atoms with Crippen molar-refractivity contribution in [1.82, 2.24) is 5.32 Å². The average molecular weight is 378 g/mol. The van der Waals surface area contributed by atoms with Gasteiger partial charge in [0.1, 0.15) is 5.75 Å². The molecule has 2 aromatic rings. The summed E-state index contributed by atoms with van der Waals surface area (Å²) >= 11 is 6.42. The van der Waals surface area contributed by atoms with Gasteiger partial charge in [-0.25, -0.2) is 0 Å². The third kappa shape index (κ3) is 6.11. The van der Waals surface area contributed by atoms with Crippen molar-refractivity contribution in [3.05, 3.63) is 52.5 Å². The van der Waals surface area contributed by atoms with E-state index in [-0.39, 0.29) is 6.10 Å².